The smallest absolute Gasteiger partial charge is 0.410 e. The van der Waals surface area contributed by atoms with Crippen molar-refractivity contribution in [3.63, 3.8) is 0 Å². The van der Waals surface area contributed by atoms with Gasteiger partial charge in [0.2, 0.25) is 0 Å². The molecule has 2 aromatic rings. The van der Waals surface area contributed by atoms with E-state index >= 15 is 0 Å². The molecule has 0 bridgehead atoms. The van der Waals surface area contributed by atoms with E-state index in [0.717, 1.165) is 25.2 Å². The Morgan fingerprint density at radius 3 is 2.51 bits per heavy atom. The number of nitriles is 3. The molecule has 0 spiro atoms. The highest BCUT2D eigenvalue weighted by molar-refractivity contribution is 5.69. The van der Waals surface area contributed by atoms with Gasteiger partial charge >= 0.3 is 6.09 Å². The summed E-state index contributed by atoms with van der Waals surface area (Å²) in [6.07, 6.45) is 1.23. The molecule has 2 atom stereocenters. The molecule has 2 heterocycles. The van der Waals surface area contributed by atoms with E-state index in [1.54, 1.807) is 24.3 Å². The Balaban J connectivity index is 1.46. The van der Waals surface area contributed by atoms with Crippen LogP contribution in [0.2, 0.25) is 0 Å². The summed E-state index contributed by atoms with van der Waals surface area (Å²) < 4.78 is 23.1. The van der Waals surface area contributed by atoms with Crippen LogP contribution in [-0.2, 0) is 16.1 Å². The number of nitrogens with zero attached hydrogens (tertiary/aromatic N) is 5. The maximum absolute atomic E-state index is 13.2. The van der Waals surface area contributed by atoms with Gasteiger partial charge in [-0.05, 0) is 35.8 Å². The van der Waals surface area contributed by atoms with Crippen molar-refractivity contribution < 1.29 is 23.7 Å². The van der Waals surface area contributed by atoms with Crippen LogP contribution in [0.25, 0.3) is 0 Å². The minimum absolute atomic E-state index is 0.0913. The lowest BCUT2D eigenvalue weighted by Crippen LogP contribution is -2.49. The molecule has 3 aliphatic rings. The predicted octanol–water partition coefficient (Wildman–Crippen LogP) is 3.86. The summed E-state index contributed by atoms with van der Waals surface area (Å²) in [5.41, 5.74) is 6.70. The predicted molar refractivity (Wildman–Crippen MR) is 163 cm³/mol. The molecule has 232 valence electrons. The fourth-order valence-electron chi connectivity index (χ4n) is 6.23. The lowest BCUT2D eigenvalue weighted by Gasteiger charge is -2.45. The molecule has 0 saturated carbocycles. The molecule has 2 aliphatic heterocycles. The monoisotopic (exact) mass is 608 g/mol. The molecular weight excluding hydrogens is 572 g/mol. The van der Waals surface area contributed by atoms with E-state index in [1.807, 2.05) is 37.3 Å². The van der Waals surface area contributed by atoms with Crippen molar-refractivity contribution in [1.29, 1.82) is 15.8 Å². The number of benzene rings is 2. The number of carbonyl (C=O) groups excluding carboxylic acids is 1. The highest BCUT2D eigenvalue weighted by Gasteiger charge is 2.55. The van der Waals surface area contributed by atoms with Gasteiger partial charge in [0.15, 0.2) is 16.9 Å². The molecule has 1 amide bonds. The number of hydrogen-bond donors (Lipinski definition) is 1. The summed E-state index contributed by atoms with van der Waals surface area (Å²) in [6, 6.07) is 21.1. The normalized spacial score (nSPS) is 20.9. The Labute approximate surface area is 263 Å². The van der Waals surface area contributed by atoms with Crippen molar-refractivity contribution in [1.82, 2.24) is 9.80 Å². The third kappa shape index (κ3) is 6.44. The van der Waals surface area contributed by atoms with Crippen molar-refractivity contribution in [2.45, 2.75) is 19.4 Å². The first-order chi connectivity index (χ1) is 21.9. The van der Waals surface area contributed by atoms with Crippen molar-refractivity contribution in [3.8, 4) is 29.7 Å². The number of ether oxygens (including phenoxy) is 4. The zero-order valence-electron chi connectivity index (χ0n) is 25.3. The quantitative estimate of drug-likeness (QED) is 0.443. The van der Waals surface area contributed by atoms with Gasteiger partial charge in [-0.15, -0.1) is 0 Å². The highest BCUT2D eigenvalue weighted by atomic mass is 16.6. The second kappa shape index (κ2) is 14.2. The fourth-order valence-corrected chi connectivity index (χ4v) is 6.23. The SMILES string of the molecule is CCOc1cc([C@H]2[C@@H]3CN(C(=O)OCc4ccccc4)CC=C3C(C#N)=C(N)C2(C#N)C#N)ccc1OCCN1CCOCC1. The molecule has 0 aromatic heterocycles. The molecule has 5 rings (SSSR count). The molecule has 1 aliphatic carbocycles. The zero-order valence-corrected chi connectivity index (χ0v) is 25.3. The lowest BCUT2D eigenvalue weighted by molar-refractivity contribution is 0.0321. The number of morpholine rings is 1. The largest absolute Gasteiger partial charge is 0.490 e. The van der Waals surface area contributed by atoms with Crippen LogP contribution >= 0.6 is 0 Å². The number of fused-ring (bicyclic) bond motifs is 1. The van der Waals surface area contributed by atoms with Crippen molar-refractivity contribution >= 4 is 6.09 Å². The Bertz CT molecular complexity index is 1560. The van der Waals surface area contributed by atoms with Crippen LogP contribution in [-0.4, -0.2) is 75.0 Å². The van der Waals surface area contributed by atoms with E-state index in [1.165, 1.54) is 4.90 Å². The Hall–Kier alpha value is -5.02. The molecule has 1 saturated heterocycles. The van der Waals surface area contributed by atoms with Crippen molar-refractivity contribution in [2.75, 3.05) is 59.2 Å². The summed E-state index contributed by atoms with van der Waals surface area (Å²) >= 11 is 0. The van der Waals surface area contributed by atoms with Crippen LogP contribution in [0.3, 0.4) is 0 Å². The van der Waals surface area contributed by atoms with Gasteiger partial charge in [0.1, 0.15) is 19.3 Å². The summed E-state index contributed by atoms with van der Waals surface area (Å²) in [4.78, 5) is 17.0. The second-order valence-electron chi connectivity index (χ2n) is 11.1. The van der Waals surface area contributed by atoms with Crippen molar-refractivity contribution in [3.05, 3.63) is 82.6 Å². The van der Waals surface area contributed by atoms with Gasteiger partial charge in [0, 0.05) is 44.6 Å². The third-order valence-corrected chi connectivity index (χ3v) is 8.52. The van der Waals surface area contributed by atoms with Gasteiger partial charge in [-0.1, -0.05) is 42.5 Å². The van der Waals surface area contributed by atoms with E-state index in [0.29, 0.717) is 49.1 Å². The maximum atomic E-state index is 13.2. The summed E-state index contributed by atoms with van der Waals surface area (Å²) in [6.45, 7) is 6.91. The molecule has 2 N–H and O–H groups in total. The first kappa shape index (κ1) is 31.4. The van der Waals surface area contributed by atoms with E-state index in [9.17, 15) is 20.6 Å². The van der Waals surface area contributed by atoms with E-state index in [2.05, 4.69) is 23.1 Å². The van der Waals surface area contributed by atoms with E-state index in [-0.39, 0.29) is 31.0 Å². The average Bonchev–Trinajstić information content (AvgIpc) is 3.08. The number of allylic oxidation sites excluding steroid dienone is 2. The maximum Gasteiger partial charge on any atom is 0.410 e. The molecule has 0 unspecified atom stereocenters. The number of rotatable bonds is 9. The summed E-state index contributed by atoms with van der Waals surface area (Å²) in [5.74, 6) is -0.402. The average molecular weight is 609 g/mol. The van der Waals surface area contributed by atoms with Gasteiger partial charge in [-0.25, -0.2) is 4.79 Å². The first-order valence-electron chi connectivity index (χ1n) is 15.0. The summed E-state index contributed by atoms with van der Waals surface area (Å²) in [5, 5.41) is 31.1. The topological polar surface area (TPSA) is 158 Å². The molecule has 0 radical (unpaired) electrons. The molecule has 2 aromatic carbocycles. The van der Waals surface area contributed by atoms with Crippen LogP contribution in [0.1, 0.15) is 24.0 Å². The molecule has 11 nitrogen and oxygen atoms in total. The number of amides is 1. The minimum atomic E-state index is -1.87. The Kier molecular flexibility index (Phi) is 9.89. The Morgan fingerprint density at radius 2 is 1.82 bits per heavy atom. The van der Waals surface area contributed by atoms with E-state index < -0.39 is 23.3 Å². The standard InChI is InChI=1S/C34H36N6O5/c1-2-43-30-18-25(8-9-29(30)44-17-14-39-12-15-42-16-13-39)31-28-20-40(33(41)45-21-24-6-4-3-5-7-24)11-10-26(28)27(19-35)32(38)34(31,22-36)23-37/h3-10,18,28,31H,2,11-17,20-21,38H2,1H3/t28-,31+/m1/s1. The molecular formula is C34H36N6O5. The van der Waals surface area contributed by atoms with Gasteiger partial charge < -0.3 is 29.6 Å². The molecule has 45 heavy (non-hydrogen) atoms. The second-order valence-corrected chi connectivity index (χ2v) is 11.1. The van der Waals surface area contributed by atoms with Gasteiger partial charge in [0.25, 0.3) is 0 Å². The number of nitrogens with two attached hydrogens (primary N) is 1. The molecule has 1 fully saturated rings. The van der Waals surface area contributed by atoms with Crippen LogP contribution < -0.4 is 15.2 Å². The van der Waals surface area contributed by atoms with Gasteiger partial charge in [-0.2, -0.15) is 15.8 Å². The molecule has 11 heteroatoms. The zero-order chi connectivity index (χ0) is 31.8. The van der Waals surface area contributed by atoms with Crippen LogP contribution in [0.15, 0.2) is 71.5 Å². The number of hydrogen-bond acceptors (Lipinski definition) is 10. The fraction of sp³-hybridized carbons (Fsp3) is 0.412. The van der Waals surface area contributed by atoms with Crippen LogP contribution in [0, 0.1) is 45.3 Å². The highest BCUT2D eigenvalue weighted by Crippen LogP contribution is 2.55. The minimum Gasteiger partial charge on any atom is -0.490 e. The van der Waals surface area contributed by atoms with Gasteiger partial charge in [-0.3, -0.25) is 4.90 Å². The number of carbonyl (C=O) groups is 1. The van der Waals surface area contributed by atoms with Crippen molar-refractivity contribution in [2.24, 2.45) is 17.1 Å². The summed E-state index contributed by atoms with van der Waals surface area (Å²) in [7, 11) is 0. The van der Waals surface area contributed by atoms with Gasteiger partial charge in [0.05, 0.1) is 43.2 Å². The third-order valence-electron chi connectivity index (χ3n) is 8.52. The lowest BCUT2D eigenvalue weighted by atomic mass is 9.58. The Morgan fingerprint density at radius 1 is 1.07 bits per heavy atom. The van der Waals surface area contributed by atoms with E-state index in [4.69, 9.17) is 24.7 Å². The van der Waals surface area contributed by atoms with Crippen LogP contribution in [0.5, 0.6) is 11.5 Å². The first-order valence-corrected chi connectivity index (χ1v) is 15.0. The van der Waals surface area contributed by atoms with Crippen LogP contribution in [0.4, 0.5) is 4.79 Å².